The van der Waals surface area contributed by atoms with Gasteiger partial charge in [0.2, 0.25) is 0 Å². The van der Waals surface area contributed by atoms with Crippen LogP contribution in [0.3, 0.4) is 0 Å². The minimum atomic E-state index is -2.64. The minimum absolute atomic E-state index is 0.316. The molecular formula is C19H8F9N. The number of rotatable bonds is 3. The molecule has 1 nitrogen and oxygen atoms in total. The Hall–Kier alpha value is -3.01. The zero-order valence-corrected chi connectivity index (χ0v) is 13.9. The highest BCUT2D eigenvalue weighted by molar-refractivity contribution is 5.50. The molecule has 29 heavy (non-hydrogen) atoms. The zero-order valence-electron chi connectivity index (χ0n) is 13.9. The summed E-state index contributed by atoms with van der Waals surface area (Å²) in [5, 5.41) is 0. The second-order valence-electron chi connectivity index (χ2n) is 6.07. The number of benzene rings is 3. The zero-order chi connectivity index (χ0) is 21.7. The van der Waals surface area contributed by atoms with Crippen molar-refractivity contribution >= 4 is 0 Å². The number of nitrogens with two attached hydrogens (primary N) is 1. The van der Waals surface area contributed by atoms with E-state index < -0.39 is 74.6 Å². The van der Waals surface area contributed by atoms with Gasteiger partial charge in [0, 0.05) is 0 Å². The predicted octanol–water partition coefficient (Wildman–Crippen LogP) is 5.19. The van der Waals surface area contributed by atoms with E-state index in [1.54, 1.807) is 0 Å². The van der Waals surface area contributed by atoms with Crippen LogP contribution in [0.25, 0.3) is 0 Å². The van der Waals surface area contributed by atoms with Crippen LogP contribution in [0.1, 0.15) is 16.7 Å². The first-order valence-corrected chi connectivity index (χ1v) is 7.70. The van der Waals surface area contributed by atoms with Crippen LogP contribution < -0.4 is 5.73 Å². The van der Waals surface area contributed by atoms with Crippen molar-refractivity contribution < 1.29 is 39.5 Å². The molecule has 0 spiro atoms. The molecule has 10 heteroatoms. The highest BCUT2D eigenvalue weighted by Gasteiger charge is 2.37. The van der Waals surface area contributed by atoms with E-state index in [1.165, 1.54) is 0 Å². The Morgan fingerprint density at radius 2 is 0.586 bits per heavy atom. The molecule has 0 radical (unpaired) electrons. The molecule has 3 aromatic carbocycles. The molecule has 3 aromatic rings. The highest BCUT2D eigenvalue weighted by atomic mass is 19.2. The molecule has 0 fully saturated rings. The third-order valence-corrected chi connectivity index (χ3v) is 4.32. The van der Waals surface area contributed by atoms with Crippen LogP contribution in [-0.2, 0) is 5.54 Å². The summed E-state index contributed by atoms with van der Waals surface area (Å²) in [6.07, 6.45) is 0. The van der Waals surface area contributed by atoms with E-state index in [1.807, 2.05) is 0 Å². The molecule has 0 amide bonds. The third-order valence-electron chi connectivity index (χ3n) is 4.32. The molecule has 0 saturated heterocycles. The van der Waals surface area contributed by atoms with E-state index >= 15 is 0 Å². The number of halogens is 9. The Labute approximate surface area is 157 Å². The van der Waals surface area contributed by atoms with E-state index in [9.17, 15) is 39.5 Å². The van der Waals surface area contributed by atoms with E-state index in [2.05, 4.69) is 0 Å². The molecule has 0 aliphatic rings. The van der Waals surface area contributed by atoms with Gasteiger partial charge in [0.25, 0.3) is 0 Å². The van der Waals surface area contributed by atoms with Gasteiger partial charge in [-0.05, 0) is 53.1 Å². The third kappa shape index (κ3) is 3.33. The van der Waals surface area contributed by atoms with Crippen LogP contribution in [0.15, 0.2) is 36.4 Å². The topological polar surface area (TPSA) is 26.0 Å². The summed E-state index contributed by atoms with van der Waals surface area (Å²) in [6.45, 7) is 0. The van der Waals surface area contributed by atoms with Gasteiger partial charge in [-0.25, -0.2) is 39.5 Å². The quantitative estimate of drug-likeness (QED) is 0.352. The first-order chi connectivity index (χ1) is 13.5. The summed E-state index contributed by atoms with van der Waals surface area (Å²) in [4.78, 5) is 0. The van der Waals surface area contributed by atoms with Crippen molar-refractivity contribution in [2.24, 2.45) is 5.73 Å². The van der Waals surface area contributed by atoms with Crippen LogP contribution in [0.4, 0.5) is 39.5 Å². The lowest BCUT2D eigenvalue weighted by Gasteiger charge is -2.32. The predicted molar refractivity (Wildman–Crippen MR) is 83.0 cm³/mol. The fourth-order valence-electron chi connectivity index (χ4n) is 2.85. The maximum absolute atomic E-state index is 13.8. The second-order valence-corrected chi connectivity index (χ2v) is 6.07. The molecule has 0 aliphatic heterocycles. The number of hydrogen-bond acceptors (Lipinski definition) is 1. The Morgan fingerprint density at radius 1 is 0.414 bits per heavy atom. The van der Waals surface area contributed by atoms with Gasteiger partial charge in [-0.3, -0.25) is 0 Å². The van der Waals surface area contributed by atoms with Gasteiger partial charge >= 0.3 is 0 Å². The van der Waals surface area contributed by atoms with E-state index in [-0.39, 0.29) is 0 Å². The molecule has 0 aliphatic carbocycles. The van der Waals surface area contributed by atoms with E-state index in [4.69, 9.17) is 5.73 Å². The second kappa shape index (κ2) is 7.11. The van der Waals surface area contributed by atoms with Crippen LogP contribution >= 0.6 is 0 Å². The van der Waals surface area contributed by atoms with Crippen LogP contribution in [0, 0.1) is 52.4 Å². The van der Waals surface area contributed by atoms with Gasteiger partial charge in [-0.1, -0.05) is 0 Å². The fraction of sp³-hybridized carbons (Fsp3) is 0.0526. The molecule has 0 unspecified atom stereocenters. The van der Waals surface area contributed by atoms with Gasteiger partial charge in [-0.2, -0.15) is 0 Å². The van der Waals surface area contributed by atoms with E-state index in [0.29, 0.717) is 36.4 Å². The highest BCUT2D eigenvalue weighted by Crippen LogP contribution is 2.37. The Morgan fingerprint density at radius 3 is 0.759 bits per heavy atom. The summed E-state index contributed by atoms with van der Waals surface area (Å²) in [5.74, 6) is -16.4. The van der Waals surface area contributed by atoms with Crippen LogP contribution in [-0.4, -0.2) is 0 Å². The molecule has 0 heterocycles. The first kappa shape index (κ1) is 20.7. The standard InChI is InChI=1S/C19H8F9N/c20-10-1-7(2-11(21)16(10)26)19(29,8-3-12(22)17(27)13(23)4-8)9-5-14(24)18(28)15(25)6-9/h1-6H,29H2. The molecule has 3 rings (SSSR count). The van der Waals surface area contributed by atoms with Crippen LogP contribution in [0.2, 0.25) is 0 Å². The van der Waals surface area contributed by atoms with Gasteiger partial charge in [0.1, 0.15) is 0 Å². The Bertz CT molecular complexity index is 918. The molecule has 0 bridgehead atoms. The molecule has 2 N–H and O–H groups in total. The lowest BCUT2D eigenvalue weighted by Crippen LogP contribution is -2.40. The summed E-state index contributed by atoms with van der Waals surface area (Å²) in [6, 6.07) is 1.90. The average Bonchev–Trinajstić information content (AvgIpc) is 2.66. The van der Waals surface area contributed by atoms with Crippen molar-refractivity contribution in [1.82, 2.24) is 0 Å². The lowest BCUT2D eigenvalue weighted by molar-refractivity contribution is 0.430. The summed E-state index contributed by atoms with van der Waals surface area (Å²) in [5.41, 5.74) is 1.18. The average molecular weight is 421 g/mol. The van der Waals surface area contributed by atoms with E-state index in [0.717, 1.165) is 0 Å². The molecule has 0 aromatic heterocycles. The van der Waals surface area contributed by atoms with Gasteiger partial charge in [0.15, 0.2) is 52.4 Å². The fourth-order valence-corrected chi connectivity index (χ4v) is 2.85. The van der Waals surface area contributed by atoms with Crippen molar-refractivity contribution in [2.45, 2.75) is 5.54 Å². The molecule has 0 saturated carbocycles. The van der Waals surface area contributed by atoms with Gasteiger partial charge < -0.3 is 5.73 Å². The van der Waals surface area contributed by atoms with Crippen molar-refractivity contribution in [1.29, 1.82) is 0 Å². The lowest BCUT2D eigenvalue weighted by atomic mass is 9.77. The van der Waals surface area contributed by atoms with Crippen molar-refractivity contribution in [3.05, 3.63) is 105 Å². The largest absolute Gasteiger partial charge is 0.314 e. The molecule has 152 valence electrons. The summed E-state index contributed by atoms with van der Waals surface area (Å²) >= 11 is 0. The SMILES string of the molecule is NC(c1cc(F)c(F)c(F)c1)(c1cc(F)c(F)c(F)c1)c1cc(F)c(F)c(F)c1. The van der Waals surface area contributed by atoms with Crippen molar-refractivity contribution in [2.75, 3.05) is 0 Å². The normalized spacial score (nSPS) is 11.8. The van der Waals surface area contributed by atoms with Crippen LogP contribution in [0.5, 0.6) is 0 Å². The first-order valence-electron chi connectivity index (χ1n) is 7.70. The monoisotopic (exact) mass is 421 g/mol. The number of hydrogen-bond donors (Lipinski definition) is 1. The maximum Gasteiger partial charge on any atom is 0.194 e. The summed E-state index contributed by atoms with van der Waals surface area (Å²) < 4.78 is 123. The minimum Gasteiger partial charge on any atom is -0.314 e. The Kier molecular flexibility index (Phi) is 5.08. The molecular weight excluding hydrogens is 413 g/mol. The van der Waals surface area contributed by atoms with Crippen molar-refractivity contribution in [3.63, 3.8) is 0 Å². The Balaban J connectivity index is 2.42. The molecule has 0 atom stereocenters. The summed E-state index contributed by atoms with van der Waals surface area (Å²) in [7, 11) is 0. The maximum atomic E-state index is 13.8. The van der Waals surface area contributed by atoms with Gasteiger partial charge in [-0.15, -0.1) is 0 Å². The smallest absolute Gasteiger partial charge is 0.194 e. The van der Waals surface area contributed by atoms with Gasteiger partial charge in [0.05, 0.1) is 5.54 Å². The van der Waals surface area contributed by atoms with Crippen molar-refractivity contribution in [3.8, 4) is 0 Å².